The molecule has 0 unspecified atom stereocenters. The van der Waals surface area contributed by atoms with E-state index >= 15 is 0 Å². The van der Waals surface area contributed by atoms with Crippen LogP contribution in [0.25, 0.3) is 0 Å². The van der Waals surface area contributed by atoms with Crippen LogP contribution in [0, 0.1) is 10.8 Å². The van der Waals surface area contributed by atoms with Crippen LogP contribution < -0.4 is 5.32 Å². The summed E-state index contributed by atoms with van der Waals surface area (Å²) in [5, 5.41) is 8.15. The molecule has 20 heavy (non-hydrogen) atoms. The van der Waals surface area contributed by atoms with Gasteiger partial charge in [-0.05, 0) is 36.5 Å². The molecule has 0 radical (unpaired) electrons. The van der Waals surface area contributed by atoms with E-state index in [1.54, 1.807) is 0 Å². The Kier molecular flexibility index (Phi) is 4.58. The Labute approximate surface area is 124 Å². The lowest BCUT2D eigenvalue weighted by Crippen LogP contribution is -2.43. The number of hydrogen-bond donors (Lipinski definition) is 1. The van der Waals surface area contributed by atoms with Gasteiger partial charge in [0.05, 0.1) is 6.20 Å². The fraction of sp³-hybridized carbons (Fsp3) is 0.824. The molecule has 114 valence electrons. The van der Waals surface area contributed by atoms with Crippen molar-refractivity contribution in [1.82, 2.24) is 15.1 Å². The highest BCUT2D eigenvalue weighted by Crippen LogP contribution is 2.45. The van der Waals surface area contributed by atoms with Crippen LogP contribution in [0.15, 0.2) is 12.4 Å². The summed E-state index contributed by atoms with van der Waals surface area (Å²) >= 11 is 0. The fourth-order valence-electron chi connectivity index (χ4n) is 4.10. The molecule has 1 aromatic rings. The van der Waals surface area contributed by atoms with Crippen LogP contribution in [0.3, 0.4) is 0 Å². The third-order valence-electron chi connectivity index (χ3n) is 4.29. The minimum absolute atomic E-state index is 0.450. The number of nitrogens with zero attached hydrogens (tertiary/aromatic N) is 2. The van der Waals surface area contributed by atoms with Crippen molar-refractivity contribution in [1.29, 1.82) is 0 Å². The molecule has 3 nitrogen and oxygen atoms in total. The Morgan fingerprint density at radius 1 is 1.25 bits per heavy atom. The van der Waals surface area contributed by atoms with Crippen molar-refractivity contribution in [3.63, 3.8) is 0 Å². The first-order valence-corrected chi connectivity index (χ1v) is 8.04. The average molecular weight is 277 g/mol. The topological polar surface area (TPSA) is 29.9 Å². The molecular formula is C17H31N3. The molecule has 1 aliphatic carbocycles. The van der Waals surface area contributed by atoms with Gasteiger partial charge in [-0.25, -0.2) is 0 Å². The van der Waals surface area contributed by atoms with Crippen molar-refractivity contribution in [2.75, 3.05) is 0 Å². The Hall–Kier alpha value is -0.830. The first-order valence-electron chi connectivity index (χ1n) is 8.04. The van der Waals surface area contributed by atoms with Crippen molar-refractivity contribution in [3.8, 4) is 0 Å². The second-order valence-electron chi connectivity index (χ2n) is 8.10. The van der Waals surface area contributed by atoms with Crippen LogP contribution in [-0.2, 0) is 13.1 Å². The summed E-state index contributed by atoms with van der Waals surface area (Å²) in [6, 6.07) is 0.628. The largest absolute Gasteiger partial charge is 0.310 e. The second kappa shape index (κ2) is 5.88. The number of hydrogen-bond acceptors (Lipinski definition) is 2. The van der Waals surface area contributed by atoms with Gasteiger partial charge in [0, 0.05) is 30.9 Å². The number of rotatable bonds is 5. The minimum Gasteiger partial charge on any atom is -0.310 e. The summed E-state index contributed by atoms with van der Waals surface area (Å²) in [4.78, 5) is 0. The van der Waals surface area contributed by atoms with Crippen molar-refractivity contribution >= 4 is 0 Å². The molecule has 1 saturated carbocycles. The molecule has 0 atom stereocenters. The normalized spacial score (nSPS) is 22.1. The van der Waals surface area contributed by atoms with E-state index in [9.17, 15) is 0 Å². The van der Waals surface area contributed by atoms with E-state index in [0.29, 0.717) is 16.9 Å². The van der Waals surface area contributed by atoms with Gasteiger partial charge in [0.15, 0.2) is 0 Å². The van der Waals surface area contributed by atoms with Gasteiger partial charge in [0.25, 0.3) is 0 Å². The highest BCUT2D eigenvalue weighted by atomic mass is 15.3. The Balaban J connectivity index is 1.89. The van der Waals surface area contributed by atoms with Gasteiger partial charge in [-0.2, -0.15) is 5.10 Å². The molecule has 0 saturated heterocycles. The zero-order valence-electron chi connectivity index (χ0n) is 13.9. The minimum atomic E-state index is 0.450. The first-order chi connectivity index (χ1) is 9.30. The van der Waals surface area contributed by atoms with Crippen LogP contribution in [0.2, 0.25) is 0 Å². The van der Waals surface area contributed by atoms with Gasteiger partial charge in [0.1, 0.15) is 0 Å². The van der Waals surface area contributed by atoms with E-state index in [2.05, 4.69) is 51.2 Å². The molecule has 0 spiro atoms. The molecule has 1 fully saturated rings. The lowest BCUT2D eigenvalue weighted by atomic mass is 9.63. The van der Waals surface area contributed by atoms with Gasteiger partial charge >= 0.3 is 0 Å². The molecule has 1 aromatic heterocycles. The monoisotopic (exact) mass is 277 g/mol. The molecular weight excluding hydrogens is 246 g/mol. The number of aromatic nitrogens is 2. The number of aryl methyl sites for hydroxylation is 1. The highest BCUT2D eigenvalue weighted by Gasteiger charge is 2.38. The van der Waals surface area contributed by atoms with Gasteiger partial charge < -0.3 is 5.32 Å². The maximum absolute atomic E-state index is 4.40. The molecule has 0 aromatic carbocycles. The SMILES string of the molecule is CCCn1cc(CNC2CC(C)(C)CC(C)(C)C2)cn1. The van der Waals surface area contributed by atoms with Crippen LogP contribution >= 0.6 is 0 Å². The molecule has 1 aliphatic rings. The van der Waals surface area contributed by atoms with E-state index in [1.807, 2.05) is 10.9 Å². The molecule has 1 N–H and O–H groups in total. The van der Waals surface area contributed by atoms with E-state index in [-0.39, 0.29) is 0 Å². The van der Waals surface area contributed by atoms with Crippen LogP contribution in [0.5, 0.6) is 0 Å². The summed E-state index contributed by atoms with van der Waals surface area (Å²) in [7, 11) is 0. The van der Waals surface area contributed by atoms with Crippen LogP contribution in [0.1, 0.15) is 65.9 Å². The van der Waals surface area contributed by atoms with E-state index < -0.39 is 0 Å². The average Bonchev–Trinajstić information content (AvgIpc) is 2.70. The van der Waals surface area contributed by atoms with Gasteiger partial charge in [-0.3, -0.25) is 4.68 Å². The standard InChI is InChI=1S/C17H31N3/c1-6-7-20-12-14(11-19-20)10-18-15-8-16(2,3)13-17(4,5)9-15/h11-12,15,18H,6-10,13H2,1-5H3. The predicted molar refractivity (Wildman–Crippen MR) is 84.6 cm³/mol. The number of nitrogens with one attached hydrogen (secondary N) is 1. The highest BCUT2D eigenvalue weighted by molar-refractivity contribution is 5.04. The Bertz CT molecular complexity index is 415. The van der Waals surface area contributed by atoms with Crippen molar-refractivity contribution in [3.05, 3.63) is 18.0 Å². The molecule has 2 rings (SSSR count). The molecule has 0 amide bonds. The third kappa shape index (κ3) is 4.34. The smallest absolute Gasteiger partial charge is 0.0534 e. The summed E-state index contributed by atoms with van der Waals surface area (Å²) in [6.07, 6.45) is 9.20. The van der Waals surface area contributed by atoms with Crippen LogP contribution in [0.4, 0.5) is 0 Å². The van der Waals surface area contributed by atoms with Gasteiger partial charge in [0.2, 0.25) is 0 Å². The summed E-state index contributed by atoms with van der Waals surface area (Å²) < 4.78 is 2.05. The van der Waals surface area contributed by atoms with Gasteiger partial charge in [-0.1, -0.05) is 34.6 Å². The zero-order chi connectivity index (χ0) is 14.8. The second-order valence-corrected chi connectivity index (χ2v) is 8.10. The molecule has 1 heterocycles. The molecule has 0 bridgehead atoms. The summed E-state index contributed by atoms with van der Waals surface area (Å²) in [5.74, 6) is 0. The summed E-state index contributed by atoms with van der Waals surface area (Å²) in [5.41, 5.74) is 2.21. The molecule has 3 heteroatoms. The summed E-state index contributed by atoms with van der Waals surface area (Å²) in [6.45, 7) is 13.8. The van der Waals surface area contributed by atoms with E-state index in [4.69, 9.17) is 0 Å². The fourth-order valence-corrected chi connectivity index (χ4v) is 4.10. The predicted octanol–water partition coefficient (Wildman–Crippen LogP) is 3.99. The maximum atomic E-state index is 4.40. The Morgan fingerprint density at radius 2 is 1.90 bits per heavy atom. The Morgan fingerprint density at radius 3 is 2.50 bits per heavy atom. The van der Waals surface area contributed by atoms with E-state index in [1.165, 1.54) is 24.8 Å². The quantitative estimate of drug-likeness (QED) is 0.882. The van der Waals surface area contributed by atoms with Crippen molar-refractivity contribution in [2.45, 2.75) is 79.4 Å². The van der Waals surface area contributed by atoms with Crippen molar-refractivity contribution < 1.29 is 0 Å². The lowest BCUT2D eigenvalue weighted by Gasteiger charge is -2.45. The molecule has 0 aliphatic heterocycles. The van der Waals surface area contributed by atoms with Gasteiger partial charge in [-0.15, -0.1) is 0 Å². The third-order valence-corrected chi connectivity index (χ3v) is 4.29. The van der Waals surface area contributed by atoms with Crippen LogP contribution in [-0.4, -0.2) is 15.8 Å². The maximum Gasteiger partial charge on any atom is 0.0534 e. The first kappa shape index (κ1) is 15.6. The van der Waals surface area contributed by atoms with Crippen molar-refractivity contribution in [2.24, 2.45) is 10.8 Å². The zero-order valence-corrected chi connectivity index (χ0v) is 13.9. The lowest BCUT2D eigenvalue weighted by molar-refractivity contribution is 0.0845. The van der Waals surface area contributed by atoms with E-state index in [0.717, 1.165) is 19.5 Å².